The molecular formula is C19H22N6O4S. The molecule has 1 fully saturated rings. The Morgan fingerprint density at radius 1 is 1.00 bits per heavy atom. The van der Waals surface area contributed by atoms with Gasteiger partial charge in [0.2, 0.25) is 10.0 Å². The van der Waals surface area contributed by atoms with Crippen molar-refractivity contribution in [2.45, 2.75) is 18.2 Å². The summed E-state index contributed by atoms with van der Waals surface area (Å²) in [5.41, 5.74) is 0.841. The van der Waals surface area contributed by atoms with Crippen LogP contribution >= 0.6 is 0 Å². The van der Waals surface area contributed by atoms with E-state index in [2.05, 4.69) is 20.0 Å². The van der Waals surface area contributed by atoms with Gasteiger partial charge in [-0.15, -0.1) is 0 Å². The summed E-state index contributed by atoms with van der Waals surface area (Å²) >= 11 is 0. The second kappa shape index (κ2) is 7.40. The van der Waals surface area contributed by atoms with Gasteiger partial charge in [0.25, 0.3) is 5.78 Å². The van der Waals surface area contributed by atoms with Gasteiger partial charge >= 0.3 is 0 Å². The van der Waals surface area contributed by atoms with Crippen LogP contribution in [-0.2, 0) is 10.0 Å². The fourth-order valence-electron chi connectivity index (χ4n) is 3.75. The summed E-state index contributed by atoms with van der Waals surface area (Å²) < 4.78 is 40.8. The van der Waals surface area contributed by atoms with Crippen molar-refractivity contribution >= 4 is 21.6 Å². The van der Waals surface area contributed by atoms with Crippen LogP contribution < -0.4 is 14.4 Å². The standard InChI is InChI=1S/C19H22N6O4S/c1-14-11-18(25-19(22-14)20-13-21-25)23-5-7-24(8-6-23)30(26,27)15-3-4-16-17(12-15)29-10-2-9-28-16/h3-4,11-13H,2,5-10H2,1H3. The largest absolute Gasteiger partial charge is 0.490 e. The summed E-state index contributed by atoms with van der Waals surface area (Å²) in [6.45, 7) is 4.81. The Morgan fingerprint density at radius 2 is 1.77 bits per heavy atom. The fourth-order valence-corrected chi connectivity index (χ4v) is 5.19. The first-order valence-electron chi connectivity index (χ1n) is 9.84. The lowest BCUT2D eigenvalue weighted by Crippen LogP contribution is -2.49. The molecule has 0 atom stereocenters. The van der Waals surface area contributed by atoms with Crippen LogP contribution in [0.15, 0.2) is 35.5 Å². The maximum atomic E-state index is 13.2. The van der Waals surface area contributed by atoms with Crippen molar-refractivity contribution in [1.29, 1.82) is 0 Å². The number of rotatable bonds is 3. The number of anilines is 1. The molecule has 3 aromatic rings. The molecule has 1 saturated heterocycles. The third kappa shape index (κ3) is 3.33. The highest BCUT2D eigenvalue weighted by Gasteiger charge is 2.30. The fraction of sp³-hybridized carbons (Fsp3) is 0.421. The number of benzene rings is 1. The van der Waals surface area contributed by atoms with Crippen molar-refractivity contribution in [3.8, 4) is 11.5 Å². The van der Waals surface area contributed by atoms with Crippen molar-refractivity contribution in [2.75, 3.05) is 44.3 Å². The van der Waals surface area contributed by atoms with Gasteiger partial charge in [-0.25, -0.2) is 13.4 Å². The molecule has 2 aliphatic rings. The predicted octanol–water partition coefficient (Wildman–Crippen LogP) is 1.10. The highest BCUT2D eigenvalue weighted by atomic mass is 32.2. The number of hydrogen-bond donors (Lipinski definition) is 0. The number of nitrogens with zero attached hydrogens (tertiary/aromatic N) is 6. The molecule has 0 saturated carbocycles. The van der Waals surface area contributed by atoms with Crippen LogP contribution in [0.4, 0.5) is 5.82 Å². The maximum absolute atomic E-state index is 13.2. The Labute approximate surface area is 174 Å². The van der Waals surface area contributed by atoms with Gasteiger partial charge in [-0.2, -0.15) is 18.9 Å². The van der Waals surface area contributed by atoms with Crippen molar-refractivity contribution in [3.63, 3.8) is 0 Å². The van der Waals surface area contributed by atoms with E-state index in [1.165, 1.54) is 10.6 Å². The number of hydrogen-bond acceptors (Lipinski definition) is 8. The first kappa shape index (κ1) is 19.1. The number of aromatic nitrogens is 4. The molecule has 158 valence electrons. The van der Waals surface area contributed by atoms with Crippen molar-refractivity contribution in [2.24, 2.45) is 0 Å². The van der Waals surface area contributed by atoms with Gasteiger partial charge in [-0.3, -0.25) is 0 Å². The highest BCUT2D eigenvalue weighted by molar-refractivity contribution is 7.89. The number of piperazine rings is 1. The Balaban J connectivity index is 1.36. The van der Waals surface area contributed by atoms with E-state index in [1.807, 2.05) is 13.0 Å². The number of aryl methyl sites for hydroxylation is 1. The van der Waals surface area contributed by atoms with Gasteiger partial charge in [-0.05, 0) is 19.1 Å². The first-order chi connectivity index (χ1) is 14.5. The zero-order chi connectivity index (χ0) is 20.7. The lowest BCUT2D eigenvalue weighted by Gasteiger charge is -2.35. The minimum atomic E-state index is -3.63. The van der Waals surface area contributed by atoms with Gasteiger partial charge in [0.1, 0.15) is 12.1 Å². The molecule has 0 unspecified atom stereocenters. The Morgan fingerprint density at radius 3 is 2.57 bits per heavy atom. The Bertz CT molecular complexity index is 1190. The van der Waals surface area contributed by atoms with Crippen LogP contribution in [0.3, 0.4) is 0 Å². The highest BCUT2D eigenvalue weighted by Crippen LogP contribution is 2.33. The number of sulfonamides is 1. The summed E-state index contributed by atoms with van der Waals surface area (Å²) in [5.74, 6) is 2.46. The van der Waals surface area contributed by atoms with Crippen molar-refractivity contribution in [1.82, 2.24) is 23.9 Å². The molecule has 30 heavy (non-hydrogen) atoms. The van der Waals surface area contributed by atoms with Crippen molar-refractivity contribution in [3.05, 3.63) is 36.3 Å². The van der Waals surface area contributed by atoms with Gasteiger partial charge < -0.3 is 14.4 Å². The summed E-state index contributed by atoms with van der Waals surface area (Å²) in [5, 5.41) is 4.24. The predicted molar refractivity (Wildman–Crippen MR) is 109 cm³/mol. The average molecular weight is 430 g/mol. The molecule has 2 aromatic heterocycles. The molecule has 2 aliphatic heterocycles. The van der Waals surface area contributed by atoms with Crippen LogP contribution in [0, 0.1) is 6.92 Å². The summed E-state index contributed by atoms with van der Waals surface area (Å²) in [6.07, 6.45) is 2.24. The molecule has 0 N–H and O–H groups in total. The average Bonchev–Trinajstić information content (AvgIpc) is 3.09. The van der Waals surface area contributed by atoms with E-state index < -0.39 is 10.0 Å². The second-order valence-electron chi connectivity index (χ2n) is 7.28. The first-order valence-corrected chi connectivity index (χ1v) is 11.3. The minimum Gasteiger partial charge on any atom is -0.490 e. The smallest absolute Gasteiger partial charge is 0.254 e. The zero-order valence-corrected chi connectivity index (χ0v) is 17.4. The van der Waals surface area contributed by atoms with E-state index >= 15 is 0 Å². The molecule has 4 heterocycles. The molecule has 0 bridgehead atoms. The molecule has 5 rings (SSSR count). The molecule has 0 radical (unpaired) electrons. The van der Waals surface area contributed by atoms with E-state index in [4.69, 9.17) is 9.47 Å². The molecular weight excluding hydrogens is 408 g/mol. The van der Waals surface area contributed by atoms with Crippen molar-refractivity contribution < 1.29 is 17.9 Å². The SMILES string of the molecule is Cc1cc(N2CCN(S(=O)(=O)c3ccc4c(c3)OCCCO4)CC2)n2ncnc2n1. The lowest BCUT2D eigenvalue weighted by molar-refractivity contribution is 0.296. The van der Waals surface area contributed by atoms with Gasteiger partial charge in [0.05, 0.1) is 18.1 Å². The van der Waals surface area contributed by atoms with Crippen LogP contribution in [-0.4, -0.2) is 71.7 Å². The Hall–Kier alpha value is -2.92. The maximum Gasteiger partial charge on any atom is 0.254 e. The van der Waals surface area contributed by atoms with E-state index in [0.717, 1.165) is 17.9 Å². The van der Waals surface area contributed by atoms with Gasteiger partial charge in [0.15, 0.2) is 11.5 Å². The van der Waals surface area contributed by atoms with Crippen LogP contribution in [0.5, 0.6) is 11.5 Å². The third-order valence-electron chi connectivity index (χ3n) is 5.28. The topological polar surface area (TPSA) is 102 Å². The second-order valence-corrected chi connectivity index (χ2v) is 9.22. The molecule has 10 nitrogen and oxygen atoms in total. The van der Waals surface area contributed by atoms with Gasteiger partial charge in [0, 0.05) is 50.4 Å². The lowest BCUT2D eigenvalue weighted by atomic mass is 10.3. The van der Waals surface area contributed by atoms with E-state index in [9.17, 15) is 8.42 Å². The van der Waals surface area contributed by atoms with Crippen LogP contribution in [0.25, 0.3) is 5.78 Å². The quantitative estimate of drug-likeness (QED) is 0.609. The molecule has 1 aromatic carbocycles. The minimum absolute atomic E-state index is 0.221. The zero-order valence-electron chi connectivity index (χ0n) is 16.6. The Kier molecular flexibility index (Phi) is 4.70. The monoisotopic (exact) mass is 430 g/mol. The van der Waals surface area contributed by atoms with Gasteiger partial charge in [-0.1, -0.05) is 0 Å². The molecule has 0 amide bonds. The summed E-state index contributed by atoms with van der Waals surface area (Å²) in [7, 11) is -3.63. The van der Waals surface area contributed by atoms with Crippen LogP contribution in [0.1, 0.15) is 12.1 Å². The molecule has 11 heteroatoms. The number of fused-ring (bicyclic) bond motifs is 2. The van der Waals surface area contributed by atoms with E-state index in [1.54, 1.807) is 22.7 Å². The summed E-state index contributed by atoms with van der Waals surface area (Å²) in [4.78, 5) is 10.8. The third-order valence-corrected chi connectivity index (χ3v) is 7.18. The normalized spacial score (nSPS) is 17.8. The van der Waals surface area contributed by atoms with Crippen LogP contribution in [0.2, 0.25) is 0 Å². The number of ether oxygens (including phenoxy) is 2. The molecule has 0 aliphatic carbocycles. The molecule has 0 spiro atoms. The van der Waals surface area contributed by atoms with E-state index in [0.29, 0.717) is 56.7 Å². The summed E-state index contributed by atoms with van der Waals surface area (Å²) in [6, 6.07) is 6.76. The van der Waals surface area contributed by atoms with E-state index in [-0.39, 0.29) is 4.90 Å².